The average molecular weight is 515 g/mol. The Hall–Kier alpha value is -2.68. The number of fused-ring (bicyclic) bond motifs is 1. The summed E-state index contributed by atoms with van der Waals surface area (Å²) in [5.41, 5.74) is -3.65. The van der Waals surface area contributed by atoms with Crippen molar-refractivity contribution < 1.29 is 39.1 Å². The van der Waals surface area contributed by atoms with E-state index in [4.69, 9.17) is 14.2 Å². The normalized spacial score (nSPS) is 36.5. The smallest absolute Gasteiger partial charge is 0.346 e. The van der Waals surface area contributed by atoms with Crippen LogP contribution in [0.15, 0.2) is 41.5 Å². The van der Waals surface area contributed by atoms with Crippen LogP contribution in [0.1, 0.15) is 51.4 Å². The molecule has 1 fully saturated rings. The van der Waals surface area contributed by atoms with Gasteiger partial charge >= 0.3 is 5.97 Å². The molecule has 0 saturated heterocycles. The number of aliphatic hydroxyl groups is 3. The number of aliphatic hydroxyl groups excluding tert-OH is 2. The highest BCUT2D eigenvalue weighted by Gasteiger charge is 2.73. The van der Waals surface area contributed by atoms with Crippen molar-refractivity contribution in [3.05, 3.63) is 47.1 Å². The van der Waals surface area contributed by atoms with Gasteiger partial charge in [0.2, 0.25) is 0 Å². The standard InChI is InChI=1S/C29H38O8/c1-15-13-28-17(3)11-16(2)27(4,5)19(24(28)32)12-18(14-30)23(31)29(28,34)25(15)37-26(33)22-20(35-6)9-8-10-21(22)36-7/h8-10,12-13,16-17,19,23,25,30-31,34H,11,14H2,1-7H3/t16-,17+,19+,23+,25-,28-,29-/m0/s1. The van der Waals surface area contributed by atoms with Crippen LogP contribution in [0.3, 0.4) is 0 Å². The van der Waals surface area contributed by atoms with Gasteiger partial charge in [0.25, 0.3) is 0 Å². The van der Waals surface area contributed by atoms with E-state index in [1.54, 1.807) is 37.3 Å². The third-order valence-electron chi connectivity index (χ3n) is 9.37. The quantitative estimate of drug-likeness (QED) is 0.405. The molecule has 202 valence electrons. The van der Waals surface area contributed by atoms with Crippen LogP contribution in [0, 0.1) is 28.6 Å². The molecule has 7 atom stereocenters. The molecule has 8 nitrogen and oxygen atoms in total. The fourth-order valence-electron chi connectivity index (χ4n) is 6.87. The van der Waals surface area contributed by atoms with Crippen molar-refractivity contribution >= 4 is 11.8 Å². The van der Waals surface area contributed by atoms with E-state index in [1.165, 1.54) is 14.2 Å². The molecule has 3 aliphatic carbocycles. The first-order chi connectivity index (χ1) is 17.3. The van der Waals surface area contributed by atoms with Crippen molar-refractivity contribution in [2.45, 2.75) is 58.8 Å². The van der Waals surface area contributed by atoms with Gasteiger partial charge in [-0.3, -0.25) is 4.79 Å². The van der Waals surface area contributed by atoms with Gasteiger partial charge in [-0.1, -0.05) is 45.9 Å². The molecule has 1 aromatic carbocycles. The van der Waals surface area contributed by atoms with E-state index < -0.39 is 47.1 Å². The Labute approximate surface area is 217 Å². The molecule has 0 aromatic heterocycles. The Morgan fingerprint density at radius 2 is 1.70 bits per heavy atom. The Morgan fingerprint density at radius 3 is 2.24 bits per heavy atom. The summed E-state index contributed by atoms with van der Waals surface area (Å²) in [6.45, 7) is 9.11. The van der Waals surface area contributed by atoms with E-state index in [0.29, 0.717) is 12.0 Å². The second kappa shape index (κ2) is 9.26. The second-order valence-electron chi connectivity index (χ2n) is 11.4. The zero-order chi connectivity index (χ0) is 27.5. The minimum Gasteiger partial charge on any atom is -0.496 e. The van der Waals surface area contributed by atoms with E-state index in [2.05, 4.69) is 6.92 Å². The number of rotatable bonds is 5. The summed E-state index contributed by atoms with van der Waals surface area (Å²) in [5.74, 6) is -1.58. The van der Waals surface area contributed by atoms with Gasteiger partial charge in [0.15, 0.2) is 17.5 Å². The van der Waals surface area contributed by atoms with Crippen LogP contribution in [-0.4, -0.2) is 65.7 Å². The lowest BCUT2D eigenvalue weighted by molar-refractivity contribution is -0.190. The van der Waals surface area contributed by atoms with Crippen LogP contribution in [0.5, 0.6) is 11.5 Å². The number of carbonyl (C=O) groups excluding carboxylic acids is 2. The number of hydrogen-bond acceptors (Lipinski definition) is 8. The Balaban J connectivity index is 1.90. The molecule has 37 heavy (non-hydrogen) atoms. The number of ketones is 1. The Morgan fingerprint density at radius 1 is 1.11 bits per heavy atom. The molecule has 8 heteroatoms. The number of carbonyl (C=O) groups is 2. The monoisotopic (exact) mass is 514 g/mol. The maximum atomic E-state index is 14.5. The number of Topliss-reactive ketones (excluding diaryl/α,β-unsaturated/α-hetero) is 1. The number of ether oxygens (including phenoxy) is 3. The molecule has 0 radical (unpaired) electrons. The zero-order valence-electron chi connectivity index (χ0n) is 22.6. The number of methoxy groups -OCH3 is 2. The van der Waals surface area contributed by atoms with Crippen LogP contribution >= 0.6 is 0 Å². The van der Waals surface area contributed by atoms with Gasteiger partial charge in [-0.25, -0.2) is 4.79 Å². The first-order valence-corrected chi connectivity index (χ1v) is 12.7. The molecule has 1 aromatic rings. The SMILES string of the molecule is COc1cccc(OC)c1C(=O)O[C@H]1C(C)=C[C@]23C(=O)[C@@H](C=C(CO)[C@@H](O)[C@]12O)C(C)(C)[C@@H](C)C[C@H]3C. The number of esters is 1. The molecular formula is C29H38O8. The largest absolute Gasteiger partial charge is 0.496 e. The molecule has 4 rings (SSSR count). The molecule has 0 heterocycles. The van der Waals surface area contributed by atoms with Crippen LogP contribution in [0.4, 0.5) is 0 Å². The molecule has 0 unspecified atom stereocenters. The van der Waals surface area contributed by atoms with Gasteiger partial charge in [0.05, 0.1) is 26.2 Å². The minimum atomic E-state index is -2.23. The van der Waals surface area contributed by atoms with Crippen LogP contribution in [-0.2, 0) is 9.53 Å². The lowest BCUT2D eigenvalue weighted by Crippen LogP contribution is -2.65. The van der Waals surface area contributed by atoms with Gasteiger partial charge in [-0.05, 0) is 53.9 Å². The maximum absolute atomic E-state index is 14.5. The highest BCUT2D eigenvalue weighted by Crippen LogP contribution is 2.62. The summed E-state index contributed by atoms with van der Waals surface area (Å²) >= 11 is 0. The van der Waals surface area contributed by atoms with Crippen LogP contribution < -0.4 is 9.47 Å². The number of hydrogen-bond donors (Lipinski definition) is 3. The first-order valence-electron chi connectivity index (χ1n) is 12.7. The predicted molar refractivity (Wildman–Crippen MR) is 136 cm³/mol. The van der Waals surface area contributed by atoms with Crippen molar-refractivity contribution in [3.8, 4) is 11.5 Å². The Bertz CT molecular complexity index is 1140. The molecule has 3 aliphatic rings. The minimum absolute atomic E-state index is 0.0266. The van der Waals surface area contributed by atoms with Gasteiger partial charge in [0, 0.05) is 5.92 Å². The van der Waals surface area contributed by atoms with E-state index in [1.807, 2.05) is 20.8 Å². The third-order valence-corrected chi connectivity index (χ3v) is 9.37. The van der Waals surface area contributed by atoms with Crippen molar-refractivity contribution in [3.63, 3.8) is 0 Å². The summed E-state index contributed by atoms with van der Waals surface area (Å²) < 4.78 is 16.7. The lowest BCUT2D eigenvalue weighted by atomic mass is 9.59. The van der Waals surface area contributed by atoms with Gasteiger partial charge in [0.1, 0.15) is 23.2 Å². The second-order valence-corrected chi connectivity index (χ2v) is 11.4. The molecule has 1 spiro atoms. The summed E-state index contributed by atoms with van der Waals surface area (Å²) in [5, 5.41) is 34.4. The summed E-state index contributed by atoms with van der Waals surface area (Å²) in [7, 11) is 2.83. The van der Waals surface area contributed by atoms with E-state index in [0.717, 1.165) is 0 Å². The fraction of sp³-hybridized carbons (Fsp3) is 0.586. The summed E-state index contributed by atoms with van der Waals surface area (Å²) in [4.78, 5) is 28.0. The van der Waals surface area contributed by atoms with E-state index in [9.17, 15) is 24.9 Å². The van der Waals surface area contributed by atoms with Crippen molar-refractivity contribution in [2.24, 2.45) is 28.6 Å². The molecule has 2 bridgehead atoms. The zero-order valence-corrected chi connectivity index (χ0v) is 22.6. The van der Waals surface area contributed by atoms with Gasteiger partial charge in [-0.15, -0.1) is 0 Å². The number of benzene rings is 1. The highest BCUT2D eigenvalue weighted by atomic mass is 16.6. The van der Waals surface area contributed by atoms with E-state index in [-0.39, 0.29) is 40.3 Å². The predicted octanol–water partition coefficient (Wildman–Crippen LogP) is 3.09. The molecule has 0 amide bonds. The first kappa shape index (κ1) is 27.4. The van der Waals surface area contributed by atoms with Crippen LogP contribution in [0.2, 0.25) is 0 Å². The van der Waals surface area contributed by atoms with Crippen molar-refractivity contribution in [1.82, 2.24) is 0 Å². The topological polar surface area (TPSA) is 123 Å². The third kappa shape index (κ3) is 3.60. The summed E-state index contributed by atoms with van der Waals surface area (Å²) in [6, 6.07) is 4.84. The summed E-state index contributed by atoms with van der Waals surface area (Å²) in [6.07, 6.45) is 0.906. The van der Waals surface area contributed by atoms with E-state index >= 15 is 0 Å². The molecule has 1 saturated carbocycles. The lowest BCUT2D eigenvalue weighted by Gasteiger charge is -2.48. The molecule has 0 aliphatic heterocycles. The molecular weight excluding hydrogens is 476 g/mol. The average Bonchev–Trinajstić information content (AvgIpc) is 3.04. The van der Waals surface area contributed by atoms with Gasteiger partial charge in [-0.2, -0.15) is 0 Å². The molecule has 3 N–H and O–H groups in total. The maximum Gasteiger partial charge on any atom is 0.346 e. The Kier molecular flexibility index (Phi) is 6.84. The van der Waals surface area contributed by atoms with Gasteiger partial charge < -0.3 is 29.5 Å². The van der Waals surface area contributed by atoms with Crippen molar-refractivity contribution in [2.75, 3.05) is 20.8 Å². The van der Waals surface area contributed by atoms with Crippen LogP contribution in [0.25, 0.3) is 0 Å². The number of allylic oxidation sites excluding steroid dienone is 1. The fourth-order valence-corrected chi connectivity index (χ4v) is 6.87. The van der Waals surface area contributed by atoms with Crippen molar-refractivity contribution in [1.29, 1.82) is 0 Å². The highest BCUT2D eigenvalue weighted by molar-refractivity contribution is 5.97.